The normalized spacial score (nSPS) is 12.5. The summed E-state index contributed by atoms with van der Waals surface area (Å²) in [6, 6.07) is 21.6. The summed E-state index contributed by atoms with van der Waals surface area (Å²) in [5.41, 5.74) is 7.16. The number of hydrogen-bond acceptors (Lipinski definition) is 9. The first kappa shape index (κ1) is 40.9. The van der Waals surface area contributed by atoms with Crippen molar-refractivity contribution in [2.75, 3.05) is 54.8 Å². The Morgan fingerprint density at radius 2 is 1.23 bits per heavy atom. The van der Waals surface area contributed by atoms with Gasteiger partial charge in [0.25, 0.3) is 5.91 Å². The van der Waals surface area contributed by atoms with E-state index in [4.69, 9.17) is 9.47 Å². The second kappa shape index (κ2) is 18.4. The molecule has 0 aliphatic carbocycles. The van der Waals surface area contributed by atoms with E-state index in [0.717, 1.165) is 42.6 Å². The van der Waals surface area contributed by atoms with Crippen molar-refractivity contribution in [1.29, 1.82) is 0 Å². The van der Waals surface area contributed by atoms with Gasteiger partial charge in [-0.05, 0) is 114 Å². The number of phenols is 1. The van der Waals surface area contributed by atoms with Gasteiger partial charge in [-0.1, -0.05) is 41.0 Å². The highest BCUT2D eigenvalue weighted by Crippen LogP contribution is 2.47. The summed E-state index contributed by atoms with van der Waals surface area (Å²) in [7, 11) is 7.63. The summed E-state index contributed by atoms with van der Waals surface area (Å²) in [4.78, 5) is 46.9. The van der Waals surface area contributed by atoms with E-state index >= 15 is 0 Å². The zero-order valence-corrected chi connectivity index (χ0v) is 33.6. The fourth-order valence-electron chi connectivity index (χ4n) is 6.18. The Kier molecular flexibility index (Phi) is 13.4. The number of esters is 2. The molecule has 0 unspecified atom stereocenters. The zero-order valence-electron chi connectivity index (χ0n) is 33.6. The van der Waals surface area contributed by atoms with Crippen LogP contribution in [0.25, 0.3) is 0 Å². The number of ether oxygens (including phenoxy) is 2. The molecule has 10 nitrogen and oxygen atoms in total. The number of nitrogens with one attached hydrogen (secondary N) is 1. The van der Waals surface area contributed by atoms with Crippen molar-refractivity contribution in [3.05, 3.63) is 131 Å². The van der Waals surface area contributed by atoms with Crippen molar-refractivity contribution in [3.8, 4) is 17.2 Å². The van der Waals surface area contributed by atoms with Crippen LogP contribution in [0, 0.1) is 0 Å². The van der Waals surface area contributed by atoms with E-state index in [9.17, 15) is 19.5 Å². The topological polar surface area (TPSA) is 112 Å². The molecule has 0 spiro atoms. The van der Waals surface area contributed by atoms with Gasteiger partial charge in [0.2, 0.25) is 0 Å². The van der Waals surface area contributed by atoms with E-state index < -0.39 is 17.8 Å². The van der Waals surface area contributed by atoms with Crippen molar-refractivity contribution in [3.63, 3.8) is 0 Å². The lowest BCUT2D eigenvalue weighted by Crippen LogP contribution is -2.30. The third-order valence-electron chi connectivity index (χ3n) is 9.50. The summed E-state index contributed by atoms with van der Waals surface area (Å²) in [5, 5.41) is 14.3. The first-order valence-corrected chi connectivity index (χ1v) is 18.7. The van der Waals surface area contributed by atoms with Crippen molar-refractivity contribution in [2.45, 2.75) is 53.4 Å². The summed E-state index contributed by atoms with van der Waals surface area (Å²) < 4.78 is 11.9. The SMILES string of the molecule is CC(C)=CCCC(C)=CCCC(C)=CCN1C(=O)c2cccc(OC(=O)c3ccc(N(C)C)cc3)c2Nc2c(OC(=O)c3ccc(N(C)C)cc3)cc(O)cc21. The van der Waals surface area contributed by atoms with Gasteiger partial charge in [0, 0.05) is 58.2 Å². The molecule has 0 atom stereocenters. The highest BCUT2D eigenvalue weighted by Gasteiger charge is 2.32. The maximum atomic E-state index is 14.5. The first-order chi connectivity index (χ1) is 26.7. The molecule has 10 heteroatoms. The predicted molar refractivity (Wildman–Crippen MR) is 226 cm³/mol. The Morgan fingerprint density at radius 3 is 1.79 bits per heavy atom. The number of nitrogens with zero attached hydrogens (tertiary/aromatic N) is 3. The number of carbonyl (C=O) groups is 3. The zero-order chi connectivity index (χ0) is 40.5. The maximum Gasteiger partial charge on any atom is 0.343 e. The molecule has 1 heterocycles. The smallest absolute Gasteiger partial charge is 0.343 e. The molecule has 0 bridgehead atoms. The molecule has 4 aromatic carbocycles. The lowest BCUT2D eigenvalue weighted by molar-refractivity contribution is 0.0727. The van der Waals surface area contributed by atoms with Gasteiger partial charge in [-0.25, -0.2) is 9.59 Å². The summed E-state index contributed by atoms with van der Waals surface area (Å²) >= 11 is 0. The van der Waals surface area contributed by atoms with Gasteiger partial charge in [-0.15, -0.1) is 0 Å². The molecular weight excluding hydrogens is 705 g/mol. The summed E-state index contributed by atoms with van der Waals surface area (Å²) in [6.45, 7) is 8.55. The lowest BCUT2D eigenvalue weighted by Gasteiger charge is -2.23. The third kappa shape index (κ3) is 10.3. The molecule has 1 amide bonds. The molecule has 0 fully saturated rings. The van der Waals surface area contributed by atoms with Crippen molar-refractivity contribution in [2.24, 2.45) is 0 Å². The monoisotopic (exact) mass is 756 g/mol. The van der Waals surface area contributed by atoms with Crippen LogP contribution in [0.5, 0.6) is 17.2 Å². The largest absolute Gasteiger partial charge is 0.508 e. The first-order valence-electron chi connectivity index (χ1n) is 18.7. The number of benzene rings is 4. The minimum Gasteiger partial charge on any atom is -0.508 e. The number of hydrogen-bond donors (Lipinski definition) is 2. The van der Waals surface area contributed by atoms with E-state index in [1.807, 2.05) is 63.1 Å². The van der Waals surface area contributed by atoms with Crippen LogP contribution < -0.4 is 29.5 Å². The number of para-hydroxylation sites is 1. The van der Waals surface area contributed by atoms with Gasteiger partial charge in [-0.2, -0.15) is 0 Å². The molecule has 0 radical (unpaired) electrons. The Morgan fingerprint density at radius 1 is 0.696 bits per heavy atom. The number of amides is 1. The van der Waals surface area contributed by atoms with Gasteiger partial charge in [0.15, 0.2) is 11.5 Å². The second-order valence-electron chi connectivity index (χ2n) is 14.7. The van der Waals surface area contributed by atoms with E-state index in [2.05, 4.69) is 38.2 Å². The van der Waals surface area contributed by atoms with Crippen LogP contribution >= 0.6 is 0 Å². The number of anilines is 5. The standard InChI is InChI=1S/C46H52N4O6/c1-30(2)12-9-13-31(3)14-10-15-32(4)26-27-50-39-28-37(51)29-41(56-46(54)34-20-24-36(25-21-34)49(7)8)43(39)47-42-38(44(50)52)16-11-17-40(42)55-45(53)33-18-22-35(23-19-33)48(5)6/h11-12,14,16-26,28-29,47,51H,9-10,13,15,27H2,1-8H3. The molecule has 4 aromatic rings. The fraction of sp³-hybridized carbons (Fsp3) is 0.283. The fourth-order valence-corrected chi connectivity index (χ4v) is 6.18. The minimum absolute atomic E-state index is 0.0119. The van der Waals surface area contributed by atoms with Crippen molar-refractivity contribution >= 4 is 46.3 Å². The molecule has 0 saturated carbocycles. The molecule has 0 aromatic heterocycles. The molecule has 1 aliphatic heterocycles. The van der Waals surface area contributed by atoms with Crippen LogP contribution in [0.3, 0.4) is 0 Å². The minimum atomic E-state index is -0.659. The number of allylic oxidation sites excluding steroid dienone is 5. The Labute approximate surface area is 330 Å². The Balaban J connectivity index is 1.50. The Hall–Kier alpha value is -6.29. The number of fused-ring (bicyclic) bond motifs is 2. The van der Waals surface area contributed by atoms with E-state index in [-0.39, 0.29) is 46.4 Å². The molecular formula is C46H52N4O6. The number of rotatable bonds is 14. The summed E-state index contributed by atoms with van der Waals surface area (Å²) in [5.74, 6) is -1.79. The van der Waals surface area contributed by atoms with Crippen molar-refractivity contribution in [1.82, 2.24) is 0 Å². The van der Waals surface area contributed by atoms with Gasteiger partial charge >= 0.3 is 11.9 Å². The van der Waals surface area contributed by atoms with E-state index in [1.165, 1.54) is 28.2 Å². The van der Waals surface area contributed by atoms with E-state index in [1.54, 1.807) is 54.6 Å². The second-order valence-corrected chi connectivity index (χ2v) is 14.7. The highest BCUT2D eigenvalue weighted by atomic mass is 16.5. The highest BCUT2D eigenvalue weighted by molar-refractivity contribution is 6.15. The van der Waals surface area contributed by atoms with Gasteiger partial charge in [0.05, 0.1) is 28.1 Å². The van der Waals surface area contributed by atoms with E-state index in [0.29, 0.717) is 11.1 Å². The van der Waals surface area contributed by atoms with Crippen LogP contribution in [0.1, 0.15) is 84.5 Å². The molecule has 2 N–H and O–H groups in total. The summed E-state index contributed by atoms with van der Waals surface area (Å²) in [6.07, 6.45) is 10.2. The van der Waals surface area contributed by atoms with Crippen LogP contribution in [-0.4, -0.2) is 57.7 Å². The van der Waals surface area contributed by atoms with Crippen molar-refractivity contribution < 1.29 is 29.0 Å². The third-order valence-corrected chi connectivity index (χ3v) is 9.50. The predicted octanol–water partition coefficient (Wildman–Crippen LogP) is 10.1. The average Bonchev–Trinajstić information content (AvgIpc) is 3.27. The van der Waals surface area contributed by atoms with Gasteiger partial charge in [-0.3, -0.25) is 4.79 Å². The molecule has 1 aliphatic rings. The van der Waals surface area contributed by atoms with Crippen LogP contribution in [0.15, 0.2) is 114 Å². The average molecular weight is 757 g/mol. The number of carbonyl (C=O) groups excluding carboxylic acids is 3. The van der Waals surface area contributed by atoms with Crippen LogP contribution in [0.4, 0.5) is 28.4 Å². The van der Waals surface area contributed by atoms with Crippen LogP contribution in [-0.2, 0) is 0 Å². The van der Waals surface area contributed by atoms with Gasteiger partial charge < -0.3 is 34.6 Å². The number of phenolic OH excluding ortho intramolecular Hbond substituents is 1. The maximum absolute atomic E-state index is 14.5. The van der Waals surface area contributed by atoms with Crippen LogP contribution in [0.2, 0.25) is 0 Å². The molecule has 0 saturated heterocycles. The number of aromatic hydroxyl groups is 1. The molecule has 292 valence electrons. The Bertz CT molecular complexity index is 2160. The molecule has 56 heavy (non-hydrogen) atoms. The molecule has 5 rings (SSSR count). The lowest BCUT2D eigenvalue weighted by atomic mass is 10.1. The van der Waals surface area contributed by atoms with Gasteiger partial charge in [0.1, 0.15) is 11.4 Å². The quantitative estimate of drug-likeness (QED) is 0.0562.